The van der Waals surface area contributed by atoms with Crippen molar-refractivity contribution in [1.82, 2.24) is 14.8 Å². The highest BCUT2D eigenvalue weighted by atomic mass is 16.5. The number of fused-ring (bicyclic) bond motifs is 1. The Morgan fingerprint density at radius 3 is 2.86 bits per heavy atom. The van der Waals surface area contributed by atoms with Crippen molar-refractivity contribution in [2.45, 2.75) is 12.8 Å². The van der Waals surface area contributed by atoms with Gasteiger partial charge >= 0.3 is 0 Å². The smallest absolute Gasteiger partial charge is 0.129 e. The molecule has 21 heavy (non-hydrogen) atoms. The third-order valence-electron chi connectivity index (χ3n) is 4.19. The average molecular weight is 287 g/mol. The van der Waals surface area contributed by atoms with Gasteiger partial charge in [-0.2, -0.15) is 0 Å². The molecular weight excluding hydrogens is 262 g/mol. The molecule has 3 rings (SSSR count). The zero-order chi connectivity index (χ0) is 14.7. The summed E-state index contributed by atoms with van der Waals surface area (Å²) in [7, 11) is 4.22. The lowest BCUT2D eigenvalue weighted by atomic mass is 10.1. The summed E-state index contributed by atoms with van der Waals surface area (Å²) in [5.74, 6) is 1.02. The van der Waals surface area contributed by atoms with Crippen molar-refractivity contribution in [3.8, 4) is 5.75 Å². The van der Waals surface area contributed by atoms with E-state index in [1.165, 1.54) is 36.0 Å². The van der Waals surface area contributed by atoms with Crippen LogP contribution in [0.2, 0.25) is 0 Å². The molecule has 1 aliphatic heterocycles. The Bertz CT molecular complexity index is 587. The number of hydrogen-bond acceptors (Lipinski definition) is 3. The van der Waals surface area contributed by atoms with Crippen LogP contribution in [0.5, 0.6) is 5.75 Å². The molecule has 1 aliphatic rings. The number of aromatic nitrogens is 1. The maximum Gasteiger partial charge on any atom is 0.129 e. The molecule has 2 aromatic rings. The zero-order valence-electron chi connectivity index (χ0n) is 13.1. The number of ether oxygens (including phenoxy) is 1. The van der Waals surface area contributed by atoms with Crippen molar-refractivity contribution in [3.63, 3.8) is 0 Å². The Kier molecular flexibility index (Phi) is 4.46. The van der Waals surface area contributed by atoms with Crippen LogP contribution < -0.4 is 4.74 Å². The number of H-pyrrole nitrogens is 1. The van der Waals surface area contributed by atoms with Crippen LogP contribution in [0.1, 0.15) is 12.0 Å². The van der Waals surface area contributed by atoms with Gasteiger partial charge < -0.3 is 14.6 Å². The van der Waals surface area contributed by atoms with Crippen LogP contribution in [-0.4, -0.2) is 61.7 Å². The van der Waals surface area contributed by atoms with Gasteiger partial charge in [0.05, 0.1) is 0 Å². The fourth-order valence-electron chi connectivity index (χ4n) is 2.77. The van der Waals surface area contributed by atoms with Gasteiger partial charge in [0.25, 0.3) is 0 Å². The van der Waals surface area contributed by atoms with E-state index in [2.05, 4.69) is 53.3 Å². The first-order valence-corrected chi connectivity index (χ1v) is 7.83. The molecule has 0 radical (unpaired) electrons. The topological polar surface area (TPSA) is 31.5 Å². The van der Waals surface area contributed by atoms with Crippen molar-refractivity contribution in [2.75, 3.05) is 46.9 Å². The number of aromatic amines is 1. The molecule has 1 aromatic heterocycles. The first-order valence-electron chi connectivity index (χ1n) is 7.83. The minimum atomic E-state index is 0.775. The number of likely N-dealkylation sites (tertiary alicyclic amines) is 1. The summed E-state index contributed by atoms with van der Waals surface area (Å²) < 4.78 is 6.06. The maximum absolute atomic E-state index is 6.06. The predicted octanol–water partition coefficient (Wildman–Crippen LogP) is 2.36. The Morgan fingerprint density at radius 1 is 1.29 bits per heavy atom. The van der Waals surface area contributed by atoms with Gasteiger partial charge in [0.2, 0.25) is 0 Å². The summed E-state index contributed by atoms with van der Waals surface area (Å²) in [5, 5.41) is 1.25. The van der Waals surface area contributed by atoms with E-state index in [4.69, 9.17) is 4.74 Å². The molecule has 0 aliphatic carbocycles. The van der Waals surface area contributed by atoms with Gasteiger partial charge in [0, 0.05) is 30.2 Å². The molecule has 1 saturated heterocycles. The van der Waals surface area contributed by atoms with Gasteiger partial charge in [-0.1, -0.05) is 6.07 Å². The van der Waals surface area contributed by atoms with Crippen LogP contribution in [0.3, 0.4) is 0 Å². The van der Waals surface area contributed by atoms with Crippen molar-refractivity contribution in [2.24, 2.45) is 0 Å². The van der Waals surface area contributed by atoms with Crippen molar-refractivity contribution in [1.29, 1.82) is 0 Å². The van der Waals surface area contributed by atoms with Crippen LogP contribution in [0.25, 0.3) is 10.9 Å². The third-order valence-corrected chi connectivity index (χ3v) is 4.19. The molecule has 0 unspecified atom stereocenters. The second-order valence-electron chi connectivity index (χ2n) is 6.09. The largest absolute Gasteiger partial charge is 0.492 e. The van der Waals surface area contributed by atoms with Crippen molar-refractivity contribution < 1.29 is 4.74 Å². The first-order chi connectivity index (χ1) is 10.2. The van der Waals surface area contributed by atoms with E-state index in [1.54, 1.807) is 0 Å². The van der Waals surface area contributed by atoms with E-state index in [-0.39, 0.29) is 0 Å². The number of nitrogens with zero attached hydrogens (tertiary/aromatic N) is 2. The summed E-state index contributed by atoms with van der Waals surface area (Å²) in [6.45, 7) is 5.32. The minimum Gasteiger partial charge on any atom is -0.492 e. The number of nitrogens with one attached hydrogen (secondary N) is 1. The Hall–Kier alpha value is -1.52. The van der Waals surface area contributed by atoms with Gasteiger partial charge in [-0.15, -0.1) is 0 Å². The van der Waals surface area contributed by atoms with Crippen LogP contribution in [0, 0.1) is 0 Å². The van der Waals surface area contributed by atoms with Gasteiger partial charge in [-0.3, -0.25) is 4.90 Å². The standard InChI is InChI=1S/C17H25N3O/c1-19(2)10-7-14-13-18-15-5-3-6-16(17(14)15)21-12-11-20-8-4-9-20/h3,5-6,13,18H,4,7-12H2,1-2H3. The van der Waals surface area contributed by atoms with Crippen molar-refractivity contribution in [3.05, 3.63) is 30.0 Å². The normalized spacial score (nSPS) is 15.6. The molecular formula is C17H25N3O. The predicted molar refractivity (Wildman–Crippen MR) is 87.1 cm³/mol. The van der Waals surface area contributed by atoms with E-state index in [1.807, 2.05) is 0 Å². The lowest BCUT2D eigenvalue weighted by Crippen LogP contribution is -2.39. The molecule has 4 heteroatoms. The van der Waals surface area contributed by atoms with Crippen molar-refractivity contribution >= 4 is 10.9 Å². The second kappa shape index (κ2) is 6.50. The number of rotatable bonds is 7. The van der Waals surface area contributed by atoms with E-state index in [9.17, 15) is 0 Å². The Labute approximate surface area is 126 Å². The van der Waals surface area contributed by atoms with E-state index in [0.717, 1.165) is 31.9 Å². The molecule has 114 valence electrons. The van der Waals surface area contributed by atoms with E-state index < -0.39 is 0 Å². The van der Waals surface area contributed by atoms with E-state index >= 15 is 0 Å². The molecule has 1 N–H and O–H groups in total. The van der Waals surface area contributed by atoms with Gasteiger partial charge in [-0.25, -0.2) is 0 Å². The average Bonchev–Trinajstić information content (AvgIpc) is 2.83. The van der Waals surface area contributed by atoms with Gasteiger partial charge in [0.1, 0.15) is 12.4 Å². The highest BCUT2D eigenvalue weighted by Gasteiger charge is 2.14. The quantitative estimate of drug-likeness (QED) is 0.848. The molecule has 0 bridgehead atoms. The number of hydrogen-bond donors (Lipinski definition) is 1. The van der Waals surface area contributed by atoms with Crippen LogP contribution in [0.4, 0.5) is 0 Å². The fourth-order valence-corrected chi connectivity index (χ4v) is 2.77. The highest BCUT2D eigenvalue weighted by molar-refractivity contribution is 5.89. The lowest BCUT2D eigenvalue weighted by Gasteiger charge is -2.30. The lowest BCUT2D eigenvalue weighted by molar-refractivity contribution is 0.147. The first kappa shape index (κ1) is 14.4. The number of likely N-dealkylation sites (N-methyl/N-ethyl adjacent to an activating group) is 1. The molecule has 2 heterocycles. The SMILES string of the molecule is CN(C)CCc1c[nH]c2cccc(OCCN3CCC3)c12. The third kappa shape index (κ3) is 3.39. The second-order valence-corrected chi connectivity index (χ2v) is 6.09. The number of benzene rings is 1. The molecule has 1 aromatic carbocycles. The monoisotopic (exact) mass is 287 g/mol. The fraction of sp³-hybridized carbons (Fsp3) is 0.529. The minimum absolute atomic E-state index is 0.775. The zero-order valence-corrected chi connectivity index (χ0v) is 13.1. The highest BCUT2D eigenvalue weighted by Crippen LogP contribution is 2.29. The molecule has 0 amide bonds. The van der Waals surface area contributed by atoms with Crippen LogP contribution >= 0.6 is 0 Å². The Morgan fingerprint density at radius 2 is 2.14 bits per heavy atom. The molecule has 1 fully saturated rings. The van der Waals surface area contributed by atoms with Crippen LogP contribution in [0.15, 0.2) is 24.4 Å². The van der Waals surface area contributed by atoms with Crippen LogP contribution in [-0.2, 0) is 6.42 Å². The summed E-state index contributed by atoms with van der Waals surface area (Å²) in [6, 6.07) is 6.27. The van der Waals surface area contributed by atoms with E-state index in [0.29, 0.717) is 0 Å². The molecule has 0 spiro atoms. The molecule has 0 saturated carbocycles. The Balaban J connectivity index is 1.71. The summed E-state index contributed by atoms with van der Waals surface area (Å²) >= 11 is 0. The summed E-state index contributed by atoms with van der Waals surface area (Å²) in [6.07, 6.45) is 4.50. The van der Waals surface area contributed by atoms with Gasteiger partial charge in [-0.05, 0) is 57.7 Å². The van der Waals surface area contributed by atoms with Gasteiger partial charge in [0.15, 0.2) is 0 Å². The summed E-state index contributed by atoms with van der Waals surface area (Å²) in [5.41, 5.74) is 2.52. The molecule has 4 nitrogen and oxygen atoms in total. The maximum atomic E-state index is 6.06. The summed E-state index contributed by atoms with van der Waals surface area (Å²) in [4.78, 5) is 8.01. The molecule has 0 atom stereocenters.